The fourth-order valence-corrected chi connectivity index (χ4v) is 9.67. The van der Waals surface area contributed by atoms with Gasteiger partial charge in [-0.2, -0.15) is 0 Å². The fraction of sp³-hybridized carbons (Fsp3) is 0.538. The van der Waals surface area contributed by atoms with Crippen molar-refractivity contribution in [3.63, 3.8) is 0 Å². The second-order valence-electron chi connectivity index (χ2n) is 10.6. The van der Waals surface area contributed by atoms with E-state index in [9.17, 15) is 5.11 Å². The highest BCUT2D eigenvalue weighted by Crippen LogP contribution is 2.42. The first-order valence-electron chi connectivity index (χ1n) is 11.1. The van der Waals surface area contributed by atoms with E-state index in [-0.39, 0.29) is 22.5 Å². The summed E-state index contributed by atoms with van der Waals surface area (Å²) in [5, 5.41) is 13.3. The summed E-state index contributed by atoms with van der Waals surface area (Å²) < 4.78 is 18.7. The Bertz CT molecular complexity index is 786. The van der Waals surface area contributed by atoms with Crippen molar-refractivity contribution in [1.29, 1.82) is 0 Å². The van der Waals surface area contributed by atoms with E-state index in [1.54, 1.807) is 7.11 Å². The van der Waals surface area contributed by atoms with Crippen LogP contribution in [0.1, 0.15) is 41.5 Å². The number of aliphatic hydroxyl groups excluding tert-OH is 1. The van der Waals surface area contributed by atoms with Crippen molar-refractivity contribution >= 4 is 18.7 Å². The van der Waals surface area contributed by atoms with Gasteiger partial charge in [-0.3, -0.25) is 0 Å². The van der Waals surface area contributed by atoms with Gasteiger partial charge in [0.05, 0.1) is 12.7 Å². The van der Waals surface area contributed by atoms with Crippen molar-refractivity contribution in [1.82, 2.24) is 0 Å². The summed E-state index contributed by atoms with van der Waals surface area (Å²) in [7, 11) is -1.08. The molecule has 1 saturated heterocycles. The third-order valence-electron chi connectivity index (χ3n) is 6.47. The Balaban J connectivity index is 2.04. The van der Waals surface area contributed by atoms with E-state index in [0.717, 1.165) is 0 Å². The Morgan fingerprint density at radius 1 is 0.871 bits per heavy atom. The molecule has 0 amide bonds. The highest BCUT2D eigenvalue weighted by Gasteiger charge is 2.53. The molecule has 0 spiro atoms. The van der Waals surface area contributed by atoms with E-state index < -0.39 is 20.7 Å². The van der Waals surface area contributed by atoms with Crippen LogP contribution in [0.2, 0.25) is 5.04 Å². The molecule has 1 aliphatic rings. The Labute approximate surface area is 188 Å². The van der Waals surface area contributed by atoms with Gasteiger partial charge in [-0.1, -0.05) is 102 Å². The Morgan fingerprint density at radius 3 is 1.74 bits per heavy atom. The minimum Gasteiger partial charge on any atom is -0.405 e. The quantitative estimate of drug-likeness (QED) is 0.688. The molecule has 3 rings (SSSR count). The molecule has 0 radical (unpaired) electrons. The summed E-state index contributed by atoms with van der Waals surface area (Å²) in [5.41, 5.74) is -0.147. The predicted molar refractivity (Wildman–Crippen MR) is 128 cm³/mol. The molecular formula is C26H38O4Si. The molecule has 0 aliphatic carbocycles. The third kappa shape index (κ3) is 4.66. The molecule has 1 aliphatic heterocycles. The average molecular weight is 443 g/mol. The summed E-state index contributed by atoms with van der Waals surface area (Å²) in [6.07, 6.45) is -1.56. The zero-order valence-electron chi connectivity index (χ0n) is 20.0. The molecule has 2 aromatic carbocycles. The largest absolute Gasteiger partial charge is 0.405 e. The van der Waals surface area contributed by atoms with Crippen LogP contribution in [0.15, 0.2) is 60.7 Å². The smallest absolute Gasteiger partial charge is 0.261 e. The van der Waals surface area contributed by atoms with E-state index in [0.29, 0.717) is 6.61 Å². The lowest BCUT2D eigenvalue weighted by Gasteiger charge is -2.44. The van der Waals surface area contributed by atoms with Crippen LogP contribution in [0, 0.1) is 11.3 Å². The van der Waals surface area contributed by atoms with Gasteiger partial charge in [0.25, 0.3) is 8.32 Å². The molecule has 0 bridgehead atoms. The molecule has 2 aromatic rings. The maximum atomic E-state index is 10.9. The first-order valence-corrected chi connectivity index (χ1v) is 13.0. The van der Waals surface area contributed by atoms with Crippen molar-refractivity contribution < 1.29 is 19.0 Å². The van der Waals surface area contributed by atoms with E-state index >= 15 is 0 Å². The van der Waals surface area contributed by atoms with Crippen LogP contribution >= 0.6 is 0 Å². The van der Waals surface area contributed by atoms with Crippen molar-refractivity contribution in [3.05, 3.63) is 60.7 Å². The summed E-state index contributed by atoms with van der Waals surface area (Å²) >= 11 is 0. The molecule has 170 valence electrons. The molecular weight excluding hydrogens is 404 g/mol. The highest BCUT2D eigenvalue weighted by molar-refractivity contribution is 6.99. The van der Waals surface area contributed by atoms with Crippen molar-refractivity contribution in [2.75, 3.05) is 13.7 Å². The van der Waals surface area contributed by atoms with Crippen LogP contribution in [0.4, 0.5) is 0 Å². The molecule has 0 saturated carbocycles. The fourth-order valence-electron chi connectivity index (χ4n) is 5.10. The predicted octanol–water partition coefficient (Wildman–Crippen LogP) is 3.96. The van der Waals surface area contributed by atoms with E-state index in [2.05, 4.69) is 90.1 Å². The first-order chi connectivity index (χ1) is 14.5. The molecule has 5 heteroatoms. The second kappa shape index (κ2) is 9.16. The second-order valence-corrected chi connectivity index (χ2v) is 14.9. The number of benzene rings is 2. The number of rotatable bonds is 6. The Kier molecular flexibility index (Phi) is 7.14. The lowest BCUT2D eigenvalue weighted by atomic mass is 9.75. The van der Waals surface area contributed by atoms with Gasteiger partial charge in [-0.15, -0.1) is 0 Å². The summed E-state index contributed by atoms with van der Waals surface area (Å²) in [5.74, 6) is -0.0873. The van der Waals surface area contributed by atoms with Gasteiger partial charge in [-0.25, -0.2) is 0 Å². The normalized spacial score (nSPS) is 25.0. The van der Waals surface area contributed by atoms with Gasteiger partial charge in [0, 0.05) is 13.0 Å². The van der Waals surface area contributed by atoms with E-state index in [4.69, 9.17) is 13.9 Å². The molecule has 0 aromatic heterocycles. The van der Waals surface area contributed by atoms with Gasteiger partial charge in [0.15, 0.2) is 6.29 Å². The van der Waals surface area contributed by atoms with E-state index in [1.165, 1.54) is 10.4 Å². The van der Waals surface area contributed by atoms with Gasteiger partial charge < -0.3 is 19.0 Å². The van der Waals surface area contributed by atoms with Gasteiger partial charge >= 0.3 is 0 Å². The summed E-state index contributed by atoms with van der Waals surface area (Å²) in [4.78, 5) is 0. The topological polar surface area (TPSA) is 47.9 Å². The van der Waals surface area contributed by atoms with Crippen LogP contribution in [0.5, 0.6) is 0 Å². The third-order valence-corrected chi connectivity index (χ3v) is 11.5. The zero-order chi connectivity index (χ0) is 22.9. The molecule has 1 N–H and O–H groups in total. The van der Waals surface area contributed by atoms with Crippen LogP contribution < -0.4 is 10.4 Å². The van der Waals surface area contributed by atoms with Gasteiger partial charge in [0.2, 0.25) is 0 Å². The lowest BCUT2D eigenvalue weighted by Crippen LogP contribution is -2.67. The van der Waals surface area contributed by atoms with Gasteiger partial charge in [-0.05, 0) is 20.8 Å². The van der Waals surface area contributed by atoms with Crippen molar-refractivity contribution in [2.24, 2.45) is 11.3 Å². The number of ether oxygens (including phenoxy) is 2. The monoisotopic (exact) mass is 442 g/mol. The average Bonchev–Trinajstić information content (AvgIpc) is 3.05. The lowest BCUT2D eigenvalue weighted by molar-refractivity contribution is -0.152. The minimum absolute atomic E-state index is 0.0873. The zero-order valence-corrected chi connectivity index (χ0v) is 21.0. The Morgan fingerprint density at radius 2 is 1.35 bits per heavy atom. The number of hydrogen-bond donors (Lipinski definition) is 1. The molecule has 1 fully saturated rings. The summed E-state index contributed by atoms with van der Waals surface area (Å²) in [6, 6.07) is 21.2. The van der Waals surface area contributed by atoms with Crippen LogP contribution in [-0.4, -0.2) is 45.6 Å². The van der Waals surface area contributed by atoms with Crippen LogP contribution in [0.25, 0.3) is 0 Å². The molecule has 4 nitrogen and oxygen atoms in total. The first kappa shape index (κ1) is 24.1. The molecule has 4 atom stereocenters. The number of aliphatic hydroxyl groups is 1. The van der Waals surface area contributed by atoms with Crippen LogP contribution in [0.3, 0.4) is 0 Å². The molecule has 1 heterocycles. The van der Waals surface area contributed by atoms with Crippen LogP contribution in [-0.2, 0) is 13.9 Å². The maximum absolute atomic E-state index is 10.9. The SMILES string of the molecule is CO[C@@H]1O[C@H](CO[Si](c2ccccc2)(c2ccccc2)C(C)(C)C)[C@@H](C(C)(C)C)C1O. The maximum Gasteiger partial charge on any atom is 0.261 e. The van der Waals surface area contributed by atoms with Gasteiger partial charge in [0.1, 0.15) is 6.10 Å². The number of methoxy groups -OCH3 is 1. The standard InChI is InChI=1S/C26H38O4Si/c1-25(2,3)22-21(30-24(28-7)23(22)27)18-29-31(26(4,5)6,19-14-10-8-11-15-19)20-16-12-9-13-17-20/h8-17,21-24,27H,18H2,1-7H3/t21-,22-,23?,24-/m1/s1. The van der Waals surface area contributed by atoms with Crippen molar-refractivity contribution in [2.45, 2.75) is 65.1 Å². The molecule has 1 unspecified atom stereocenters. The number of hydrogen-bond acceptors (Lipinski definition) is 4. The highest BCUT2D eigenvalue weighted by atomic mass is 28.4. The van der Waals surface area contributed by atoms with Crippen molar-refractivity contribution in [3.8, 4) is 0 Å². The van der Waals surface area contributed by atoms with E-state index in [1.807, 2.05) is 12.1 Å². The summed E-state index contributed by atoms with van der Waals surface area (Å²) in [6.45, 7) is 13.6. The Hall–Kier alpha value is -1.50. The minimum atomic E-state index is -2.66. The molecule has 31 heavy (non-hydrogen) atoms.